The van der Waals surface area contributed by atoms with Crippen LogP contribution in [0.5, 0.6) is 5.75 Å². The number of aryl methyl sites for hydroxylation is 2. The smallest absolute Gasteiger partial charge is 0.316 e. The highest BCUT2D eigenvalue weighted by Gasteiger charge is 2.30. The maximum atomic E-state index is 13.0. The number of likely N-dealkylation sites (tertiary alicyclic amines) is 1. The highest BCUT2D eigenvalue weighted by Crippen LogP contribution is 2.26. The number of benzene rings is 2. The van der Waals surface area contributed by atoms with Crippen molar-refractivity contribution in [1.82, 2.24) is 4.90 Å². The molecule has 0 aromatic heterocycles. The van der Waals surface area contributed by atoms with Crippen molar-refractivity contribution in [1.29, 1.82) is 0 Å². The number of hydrogen-bond acceptors (Lipinski definition) is 3. The zero-order chi connectivity index (χ0) is 18.7. The number of halogens is 1. The fraction of sp³-hybridized carbons (Fsp3) is 0.333. The molecule has 3 rings (SSSR count). The number of hydrogen-bond donors (Lipinski definition) is 0. The summed E-state index contributed by atoms with van der Waals surface area (Å²) in [5.41, 5.74) is 2.25. The number of esters is 1. The molecule has 1 unspecified atom stereocenters. The van der Waals surface area contributed by atoms with Crippen LogP contribution < -0.4 is 4.74 Å². The summed E-state index contributed by atoms with van der Waals surface area (Å²) in [6.45, 7) is 4.71. The lowest BCUT2D eigenvalue weighted by Gasteiger charge is -2.31. The van der Waals surface area contributed by atoms with Gasteiger partial charge in [-0.2, -0.15) is 0 Å². The van der Waals surface area contributed by atoms with Crippen LogP contribution in [0.4, 0.5) is 4.39 Å². The van der Waals surface area contributed by atoms with Crippen LogP contribution in [0.15, 0.2) is 42.5 Å². The molecule has 0 aliphatic carbocycles. The van der Waals surface area contributed by atoms with Gasteiger partial charge in [-0.15, -0.1) is 0 Å². The molecular weight excluding hydrogens is 333 g/mol. The third-order valence-electron chi connectivity index (χ3n) is 4.74. The Morgan fingerprint density at radius 3 is 2.38 bits per heavy atom. The van der Waals surface area contributed by atoms with Gasteiger partial charge in [0, 0.05) is 18.7 Å². The molecule has 26 heavy (non-hydrogen) atoms. The zero-order valence-corrected chi connectivity index (χ0v) is 15.0. The molecule has 5 heteroatoms. The predicted molar refractivity (Wildman–Crippen MR) is 96.6 cm³/mol. The molecule has 4 nitrogen and oxygen atoms in total. The van der Waals surface area contributed by atoms with Crippen molar-refractivity contribution >= 4 is 11.9 Å². The second kappa shape index (κ2) is 7.68. The Labute approximate surface area is 152 Å². The number of ether oxygens (including phenoxy) is 1. The monoisotopic (exact) mass is 355 g/mol. The lowest BCUT2D eigenvalue weighted by Crippen LogP contribution is -2.43. The van der Waals surface area contributed by atoms with Gasteiger partial charge in [-0.1, -0.05) is 18.2 Å². The van der Waals surface area contributed by atoms with Crippen LogP contribution in [0, 0.1) is 25.6 Å². The molecule has 1 aliphatic heterocycles. The standard InChI is InChI=1S/C21H22FNO3/c1-14-5-3-6-15(2)19(14)26-21(25)17-7-4-12-23(13-17)20(24)16-8-10-18(22)11-9-16/h3,5-6,8-11,17H,4,7,12-13H2,1-2H3. The first-order valence-corrected chi connectivity index (χ1v) is 8.78. The Balaban J connectivity index is 1.69. The number of para-hydroxylation sites is 1. The fourth-order valence-corrected chi connectivity index (χ4v) is 3.27. The van der Waals surface area contributed by atoms with Gasteiger partial charge in [0.2, 0.25) is 0 Å². The van der Waals surface area contributed by atoms with Crippen molar-refractivity contribution in [2.75, 3.05) is 13.1 Å². The third-order valence-corrected chi connectivity index (χ3v) is 4.74. The molecule has 2 aromatic carbocycles. The summed E-state index contributed by atoms with van der Waals surface area (Å²) in [4.78, 5) is 26.9. The van der Waals surface area contributed by atoms with Crippen LogP contribution in [0.1, 0.15) is 34.3 Å². The largest absolute Gasteiger partial charge is 0.426 e. The minimum absolute atomic E-state index is 0.186. The summed E-state index contributed by atoms with van der Waals surface area (Å²) in [6, 6.07) is 11.2. The van der Waals surface area contributed by atoms with Gasteiger partial charge in [-0.25, -0.2) is 4.39 Å². The molecule has 1 saturated heterocycles. The number of carbonyl (C=O) groups is 2. The van der Waals surface area contributed by atoms with Gasteiger partial charge in [0.15, 0.2) is 0 Å². The van der Waals surface area contributed by atoms with Crippen LogP contribution in [0.25, 0.3) is 0 Å². The molecule has 1 amide bonds. The quantitative estimate of drug-likeness (QED) is 0.620. The highest BCUT2D eigenvalue weighted by atomic mass is 19.1. The van der Waals surface area contributed by atoms with E-state index >= 15 is 0 Å². The maximum absolute atomic E-state index is 13.0. The van der Waals surface area contributed by atoms with E-state index in [-0.39, 0.29) is 23.6 Å². The summed E-state index contributed by atoms with van der Waals surface area (Å²) in [6.07, 6.45) is 1.43. The lowest BCUT2D eigenvalue weighted by molar-refractivity contribution is -0.140. The van der Waals surface area contributed by atoms with Crippen molar-refractivity contribution in [2.24, 2.45) is 5.92 Å². The van der Waals surface area contributed by atoms with Gasteiger partial charge in [0.25, 0.3) is 5.91 Å². The van der Waals surface area contributed by atoms with E-state index in [0.29, 0.717) is 30.8 Å². The summed E-state index contributed by atoms with van der Waals surface area (Å²) in [5.74, 6) is -0.629. The van der Waals surface area contributed by atoms with Crippen molar-refractivity contribution in [2.45, 2.75) is 26.7 Å². The first-order valence-electron chi connectivity index (χ1n) is 8.78. The summed E-state index contributed by atoms with van der Waals surface area (Å²) < 4.78 is 18.7. The van der Waals surface area contributed by atoms with Gasteiger partial charge in [-0.05, 0) is 62.1 Å². The SMILES string of the molecule is Cc1cccc(C)c1OC(=O)C1CCCN(C(=O)c2ccc(F)cc2)C1. The second-order valence-electron chi connectivity index (χ2n) is 6.74. The zero-order valence-electron chi connectivity index (χ0n) is 15.0. The number of piperidine rings is 1. The van der Waals surface area contributed by atoms with Crippen molar-refractivity contribution in [3.05, 3.63) is 65.0 Å². The minimum atomic E-state index is -0.379. The first kappa shape index (κ1) is 18.1. The lowest BCUT2D eigenvalue weighted by atomic mass is 9.97. The van der Waals surface area contributed by atoms with Gasteiger partial charge in [0.05, 0.1) is 5.92 Å². The van der Waals surface area contributed by atoms with E-state index in [1.807, 2.05) is 32.0 Å². The molecule has 1 fully saturated rings. The number of nitrogens with zero attached hydrogens (tertiary/aromatic N) is 1. The average Bonchev–Trinajstić information content (AvgIpc) is 2.65. The molecule has 2 aromatic rings. The fourth-order valence-electron chi connectivity index (χ4n) is 3.27. The summed E-state index contributed by atoms with van der Waals surface area (Å²) >= 11 is 0. The van der Waals surface area contributed by atoms with E-state index in [1.165, 1.54) is 24.3 Å². The van der Waals surface area contributed by atoms with Gasteiger partial charge in [-0.3, -0.25) is 9.59 Å². The molecule has 0 spiro atoms. The molecule has 1 heterocycles. The van der Waals surface area contributed by atoms with Crippen molar-refractivity contribution < 1.29 is 18.7 Å². The van der Waals surface area contributed by atoms with Crippen LogP contribution >= 0.6 is 0 Å². The van der Waals surface area contributed by atoms with E-state index in [4.69, 9.17) is 4.74 Å². The molecule has 0 saturated carbocycles. The van der Waals surface area contributed by atoms with E-state index in [0.717, 1.165) is 17.5 Å². The molecule has 136 valence electrons. The van der Waals surface area contributed by atoms with Gasteiger partial charge >= 0.3 is 5.97 Å². The van der Waals surface area contributed by atoms with Crippen LogP contribution in [-0.2, 0) is 4.79 Å². The molecule has 0 radical (unpaired) electrons. The summed E-state index contributed by atoms with van der Waals surface area (Å²) in [7, 11) is 0. The normalized spacial score (nSPS) is 17.0. The topological polar surface area (TPSA) is 46.6 Å². The van der Waals surface area contributed by atoms with Crippen molar-refractivity contribution in [3.8, 4) is 5.75 Å². The van der Waals surface area contributed by atoms with E-state index in [9.17, 15) is 14.0 Å². The number of rotatable bonds is 3. The van der Waals surface area contributed by atoms with Gasteiger partial charge in [0.1, 0.15) is 11.6 Å². The van der Waals surface area contributed by atoms with E-state index < -0.39 is 0 Å². The molecular formula is C21H22FNO3. The predicted octanol–water partition coefficient (Wildman–Crippen LogP) is 3.90. The third kappa shape index (κ3) is 3.93. The number of carbonyl (C=O) groups excluding carboxylic acids is 2. The first-order chi connectivity index (χ1) is 12.5. The molecule has 0 bridgehead atoms. The van der Waals surface area contributed by atoms with E-state index in [1.54, 1.807) is 4.90 Å². The molecule has 1 atom stereocenters. The Morgan fingerprint density at radius 2 is 1.73 bits per heavy atom. The Hall–Kier alpha value is -2.69. The van der Waals surface area contributed by atoms with E-state index in [2.05, 4.69) is 0 Å². The van der Waals surface area contributed by atoms with Crippen LogP contribution in [0.2, 0.25) is 0 Å². The molecule has 0 N–H and O–H groups in total. The molecule has 1 aliphatic rings. The second-order valence-corrected chi connectivity index (χ2v) is 6.74. The van der Waals surface area contributed by atoms with Crippen LogP contribution in [-0.4, -0.2) is 29.9 Å². The van der Waals surface area contributed by atoms with Crippen molar-refractivity contribution in [3.63, 3.8) is 0 Å². The number of amides is 1. The Morgan fingerprint density at radius 1 is 1.08 bits per heavy atom. The maximum Gasteiger partial charge on any atom is 0.316 e. The Bertz CT molecular complexity index is 796. The summed E-state index contributed by atoms with van der Waals surface area (Å²) in [5, 5.41) is 0. The Kier molecular flexibility index (Phi) is 5.35. The minimum Gasteiger partial charge on any atom is -0.426 e. The highest BCUT2D eigenvalue weighted by molar-refractivity contribution is 5.94. The van der Waals surface area contributed by atoms with Crippen LogP contribution in [0.3, 0.4) is 0 Å². The van der Waals surface area contributed by atoms with Gasteiger partial charge < -0.3 is 9.64 Å². The average molecular weight is 355 g/mol.